The Morgan fingerprint density at radius 3 is 3.36 bits per heavy atom. The van der Waals surface area contributed by atoms with Gasteiger partial charge in [-0.25, -0.2) is 4.98 Å². The average Bonchev–Trinajstić information content (AvgIpc) is 2.69. The third kappa shape index (κ3) is 2.30. The van der Waals surface area contributed by atoms with E-state index in [9.17, 15) is 4.79 Å². The van der Waals surface area contributed by atoms with Crippen molar-refractivity contribution in [1.82, 2.24) is 15.6 Å². The number of hydrogen-bond acceptors (Lipinski definition) is 4. The van der Waals surface area contributed by atoms with Crippen molar-refractivity contribution in [3.8, 4) is 0 Å². The minimum Gasteiger partial charge on any atom is -0.355 e. The molecule has 1 aromatic heterocycles. The molecule has 1 atom stereocenters. The Kier molecular flexibility index (Phi) is 3.10. The van der Waals surface area contributed by atoms with Crippen LogP contribution in [0.5, 0.6) is 0 Å². The highest BCUT2D eigenvalue weighted by molar-refractivity contribution is 7.07. The number of rotatable bonds is 3. The summed E-state index contributed by atoms with van der Waals surface area (Å²) in [4.78, 5) is 15.5. The maximum atomic E-state index is 11.4. The third-order valence-electron chi connectivity index (χ3n) is 2.30. The summed E-state index contributed by atoms with van der Waals surface area (Å²) in [6.07, 6.45) is 1.98. The molecule has 0 bridgehead atoms. The van der Waals surface area contributed by atoms with Gasteiger partial charge in [0, 0.05) is 18.5 Å². The van der Waals surface area contributed by atoms with Gasteiger partial charge >= 0.3 is 0 Å². The largest absolute Gasteiger partial charge is 0.355 e. The van der Waals surface area contributed by atoms with Gasteiger partial charge in [-0.1, -0.05) is 0 Å². The van der Waals surface area contributed by atoms with E-state index in [0.29, 0.717) is 6.54 Å². The van der Waals surface area contributed by atoms with E-state index >= 15 is 0 Å². The van der Waals surface area contributed by atoms with Crippen molar-refractivity contribution in [2.75, 3.05) is 6.54 Å². The maximum Gasteiger partial charge on any atom is 0.237 e. The van der Waals surface area contributed by atoms with Gasteiger partial charge in [-0.15, -0.1) is 11.3 Å². The molecule has 1 aliphatic rings. The van der Waals surface area contributed by atoms with Gasteiger partial charge in [-0.3, -0.25) is 4.79 Å². The van der Waals surface area contributed by atoms with Gasteiger partial charge < -0.3 is 10.6 Å². The second-order valence-corrected chi connectivity index (χ2v) is 4.07. The van der Waals surface area contributed by atoms with Crippen LogP contribution in [0.2, 0.25) is 0 Å². The zero-order chi connectivity index (χ0) is 9.80. The molecule has 1 aliphatic heterocycles. The second kappa shape index (κ2) is 4.52. The fraction of sp³-hybridized carbons (Fsp3) is 0.556. The van der Waals surface area contributed by atoms with Crippen molar-refractivity contribution in [3.63, 3.8) is 0 Å². The summed E-state index contributed by atoms with van der Waals surface area (Å²) < 4.78 is 0. The predicted molar refractivity (Wildman–Crippen MR) is 55.0 cm³/mol. The van der Waals surface area contributed by atoms with Crippen molar-refractivity contribution >= 4 is 17.2 Å². The summed E-state index contributed by atoms with van der Waals surface area (Å²) in [5.74, 6) is 0.117. The standard InChI is InChI=1S/C9H13N3OS/c13-9-8(2-1-3-10-9)11-4-7-5-14-6-12-7/h5-6,8,11H,1-4H2,(H,10,13). The fourth-order valence-corrected chi connectivity index (χ4v) is 2.08. The molecule has 0 spiro atoms. The molecule has 0 saturated carbocycles. The van der Waals surface area contributed by atoms with Gasteiger partial charge in [-0.2, -0.15) is 0 Å². The van der Waals surface area contributed by atoms with Crippen LogP contribution in [0.1, 0.15) is 18.5 Å². The smallest absolute Gasteiger partial charge is 0.237 e. The first kappa shape index (κ1) is 9.61. The van der Waals surface area contributed by atoms with E-state index in [0.717, 1.165) is 25.1 Å². The predicted octanol–water partition coefficient (Wildman–Crippen LogP) is 0.511. The molecule has 0 aliphatic carbocycles. The van der Waals surface area contributed by atoms with Crippen LogP contribution in [0.25, 0.3) is 0 Å². The summed E-state index contributed by atoms with van der Waals surface area (Å²) in [7, 11) is 0. The van der Waals surface area contributed by atoms with E-state index in [1.165, 1.54) is 0 Å². The monoisotopic (exact) mass is 211 g/mol. The van der Waals surface area contributed by atoms with Gasteiger partial charge in [0.25, 0.3) is 0 Å². The summed E-state index contributed by atoms with van der Waals surface area (Å²) in [6, 6.07) is -0.0366. The number of nitrogens with zero attached hydrogens (tertiary/aromatic N) is 1. The molecule has 1 unspecified atom stereocenters. The SMILES string of the molecule is O=C1NCCCC1NCc1cscn1. The van der Waals surface area contributed by atoms with Gasteiger partial charge in [0.15, 0.2) is 0 Å². The molecule has 0 radical (unpaired) electrons. The van der Waals surface area contributed by atoms with Crippen molar-refractivity contribution in [2.24, 2.45) is 0 Å². The lowest BCUT2D eigenvalue weighted by molar-refractivity contribution is -0.124. The van der Waals surface area contributed by atoms with Crippen molar-refractivity contribution in [2.45, 2.75) is 25.4 Å². The summed E-state index contributed by atoms with van der Waals surface area (Å²) in [5, 5.41) is 8.04. The topological polar surface area (TPSA) is 54.0 Å². The van der Waals surface area contributed by atoms with Crippen molar-refractivity contribution < 1.29 is 4.79 Å². The number of amides is 1. The number of carbonyl (C=O) groups is 1. The van der Waals surface area contributed by atoms with Gasteiger partial charge in [-0.05, 0) is 12.8 Å². The molecule has 4 nitrogen and oxygen atoms in total. The number of thiazole rings is 1. The Hall–Kier alpha value is -0.940. The molecule has 5 heteroatoms. The Balaban J connectivity index is 1.82. The summed E-state index contributed by atoms with van der Waals surface area (Å²) in [6.45, 7) is 1.50. The quantitative estimate of drug-likeness (QED) is 0.766. The molecule has 1 saturated heterocycles. The number of carbonyl (C=O) groups excluding carboxylic acids is 1. The molecule has 2 rings (SSSR count). The molecular formula is C9H13N3OS. The Morgan fingerprint density at radius 1 is 1.71 bits per heavy atom. The lowest BCUT2D eigenvalue weighted by Gasteiger charge is -2.22. The average molecular weight is 211 g/mol. The molecule has 1 fully saturated rings. The van der Waals surface area contributed by atoms with E-state index in [2.05, 4.69) is 15.6 Å². The zero-order valence-electron chi connectivity index (χ0n) is 7.82. The van der Waals surface area contributed by atoms with Gasteiger partial charge in [0.2, 0.25) is 5.91 Å². The molecule has 0 aromatic carbocycles. The minimum atomic E-state index is -0.0366. The fourth-order valence-electron chi connectivity index (χ4n) is 1.52. The van der Waals surface area contributed by atoms with Gasteiger partial charge in [0.05, 0.1) is 17.2 Å². The number of hydrogen-bond donors (Lipinski definition) is 2. The molecule has 14 heavy (non-hydrogen) atoms. The molecule has 1 amide bonds. The molecule has 1 aromatic rings. The van der Waals surface area contributed by atoms with Crippen LogP contribution in [-0.4, -0.2) is 23.5 Å². The van der Waals surface area contributed by atoms with E-state index in [1.54, 1.807) is 16.8 Å². The highest BCUT2D eigenvalue weighted by atomic mass is 32.1. The van der Waals surface area contributed by atoms with Gasteiger partial charge in [0.1, 0.15) is 0 Å². The van der Waals surface area contributed by atoms with Crippen LogP contribution in [0.4, 0.5) is 0 Å². The Bertz CT molecular complexity index is 299. The Labute approximate surface area is 86.7 Å². The third-order valence-corrected chi connectivity index (χ3v) is 2.93. The zero-order valence-corrected chi connectivity index (χ0v) is 8.64. The molecule has 2 heterocycles. The highest BCUT2D eigenvalue weighted by Gasteiger charge is 2.20. The van der Waals surface area contributed by atoms with Crippen LogP contribution >= 0.6 is 11.3 Å². The first-order valence-electron chi connectivity index (χ1n) is 4.74. The van der Waals surface area contributed by atoms with Crippen LogP contribution in [0.3, 0.4) is 0 Å². The van der Waals surface area contributed by atoms with Crippen LogP contribution in [-0.2, 0) is 11.3 Å². The lowest BCUT2D eigenvalue weighted by atomic mass is 10.1. The van der Waals surface area contributed by atoms with E-state index in [-0.39, 0.29) is 11.9 Å². The van der Waals surface area contributed by atoms with E-state index < -0.39 is 0 Å². The molecule has 76 valence electrons. The first-order valence-corrected chi connectivity index (χ1v) is 5.69. The van der Waals surface area contributed by atoms with Crippen molar-refractivity contribution in [1.29, 1.82) is 0 Å². The maximum absolute atomic E-state index is 11.4. The molecular weight excluding hydrogens is 198 g/mol. The summed E-state index contributed by atoms with van der Waals surface area (Å²) in [5.41, 5.74) is 2.81. The minimum absolute atomic E-state index is 0.0366. The van der Waals surface area contributed by atoms with Crippen LogP contribution in [0, 0.1) is 0 Å². The van der Waals surface area contributed by atoms with Crippen molar-refractivity contribution in [3.05, 3.63) is 16.6 Å². The second-order valence-electron chi connectivity index (χ2n) is 3.35. The molecule has 2 N–H and O–H groups in total. The van der Waals surface area contributed by atoms with Crippen LogP contribution in [0.15, 0.2) is 10.9 Å². The number of nitrogens with one attached hydrogen (secondary N) is 2. The van der Waals surface area contributed by atoms with E-state index in [1.807, 2.05) is 5.38 Å². The van der Waals surface area contributed by atoms with E-state index in [4.69, 9.17) is 0 Å². The van der Waals surface area contributed by atoms with Crippen LogP contribution < -0.4 is 10.6 Å². The lowest BCUT2D eigenvalue weighted by Crippen LogP contribution is -2.47. The normalized spacial score (nSPS) is 22.0. The number of aromatic nitrogens is 1. The first-order chi connectivity index (χ1) is 6.86. The summed E-state index contributed by atoms with van der Waals surface area (Å²) >= 11 is 1.58. The Morgan fingerprint density at radius 2 is 2.64 bits per heavy atom. The highest BCUT2D eigenvalue weighted by Crippen LogP contribution is 2.05. The number of piperidine rings is 1.